The van der Waals surface area contributed by atoms with Crippen LogP contribution in [0.15, 0.2) is 42.9 Å². The Hall–Kier alpha value is -2.01. The zero-order chi connectivity index (χ0) is 15.2. The van der Waals surface area contributed by atoms with Crippen molar-refractivity contribution in [1.82, 2.24) is 14.9 Å². The molecule has 1 fully saturated rings. The van der Waals surface area contributed by atoms with Crippen molar-refractivity contribution < 1.29 is 4.39 Å². The Bertz CT molecular complexity index is 567. The van der Waals surface area contributed by atoms with E-state index < -0.39 is 0 Å². The number of hydrogen-bond donors (Lipinski definition) is 1. The fraction of sp³-hybridized carbons (Fsp3) is 0.412. The summed E-state index contributed by atoms with van der Waals surface area (Å²) in [5.41, 5.74) is 1.14. The molecule has 0 radical (unpaired) electrons. The predicted molar refractivity (Wildman–Crippen MR) is 85.1 cm³/mol. The van der Waals surface area contributed by atoms with Gasteiger partial charge in [0.05, 0.1) is 6.04 Å². The molecule has 0 aliphatic carbocycles. The van der Waals surface area contributed by atoms with Crippen LogP contribution in [0.2, 0.25) is 0 Å². The molecule has 4 nitrogen and oxygen atoms in total. The zero-order valence-electron chi connectivity index (χ0n) is 12.6. The molecule has 1 aromatic heterocycles. The highest BCUT2D eigenvalue weighted by atomic mass is 19.1. The van der Waals surface area contributed by atoms with E-state index in [1.54, 1.807) is 6.20 Å². The first kappa shape index (κ1) is 14.9. The Kier molecular flexibility index (Phi) is 4.96. The summed E-state index contributed by atoms with van der Waals surface area (Å²) in [6.07, 6.45) is 7.02. The molecule has 3 rings (SSSR count). The van der Waals surface area contributed by atoms with E-state index in [-0.39, 0.29) is 11.9 Å². The van der Waals surface area contributed by atoms with Gasteiger partial charge in [0.15, 0.2) is 0 Å². The lowest BCUT2D eigenvalue weighted by molar-refractivity contribution is 0.170. The third-order valence-corrected chi connectivity index (χ3v) is 4.14. The number of piperidine rings is 1. The first-order valence-corrected chi connectivity index (χ1v) is 7.82. The minimum absolute atomic E-state index is 0.190. The van der Waals surface area contributed by atoms with Gasteiger partial charge in [0, 0.05) is 12.7 Å². The van der Waals surface area contributed by atoms with Crippen molar-refractivity contribution in [3.05, 3.63) is 54.2 Å². The minimum atomic E-state index is -0.190. The van der Waals surface area contributed by atoms with Gasteiger partial charge in [-0.05, 0) is 49.7 Å². The molecule has 1 saturated heterocycles. The molecule has 1 aliphatic heterocycles. The second kappa shape index (κ2) is 7.31. The monoisotopic (exact) mass is 300 g/mol. The Morgan fingerprint density at radius 3 is 2.55 bits per heavy atom. The largest absolute Gasteiger partial charge is 0.368 e. The molecule has 116 valence electrons. The highest BCUT2D eigenvalue weighted by molar-refractivity contribution is 5.33. The van der Waals surface area contributed by atoms with Gasteiger partial charge in [0.1, 0.15) is 18.0 Å². The van der Waals surface area contributed by atoms with Crippen LogP contribution in [0.25, 0.3) is 0 Å². The lowest BCUT2D eigenvalue weighted by Gasteiger charge is -2.35. The van der Waals surface area contributed by atoms with Crippen LogP contribution in [0, 0.1) is 5.82 Å². The Labute approximate surface area is 130 Å². The van der Waals surface area contributed by atoms with Crippen molar-refractivity contribution in [2.24, 2.45) is 0 Å². The van der Waals surface area contributed by atoms with Crippen LogP contribution in [-0.2, 0) is 0 Å². The summed E-state index contributed by atoms with van der Waals surface area (Å²) in [4.78, 5) is 10.6. The topological polar surface area (TPSA) is 41.1 Å². The summed E-state index contributed by atoms with van der Waals surface area (Å²) in [6.45, 7) is 2.93. The maximum absolute atomic E-state index is 13.2. The Morgan fingerprint density at radius 2 is 1.86 bits per heavy atom. The first-order valence-electron chi connectivity index (χ1n) is 7.82. The van der Waals surface area contributed by atoms with Crippen molar-refractivity contribution in [3.63, 3.8) is 0 Å². The number of hydrogen-bond acceptors (Lipinski definition) is 4. The predicted octanol–water partition coefficient (Wildman–Crippen LogP) is 3.25. The average molecular weight is 300 g/mol. The van der Waals surface area contributed by atoms with E-state index in [4.69, 9.17) is 0 Å². The number of rotatable bonds is 5. The number of aromatic nitrogens is 2. The summed E-state index contributed by atoms with van der Waals surface area (Å²) in [6, 6.07) is 8.94. The van der Waals surface area contributed by atoms with Gasteiger partial charge in [-0.15, -0.1) is 0 Å². The zero-order valence-corrected chi connectivity index (χ0v) is 12.6. The van der Waals surface area contributed by atoms with Crippen LogP contribution >= 0.6 is 0 Å². The molecular weight excluding hydrogens is 279 g/mol. The smallest absolute Gasteiger partial charge is 0.129 e. The fourth-order valence-corrected chi connectivity index (χ4v) is 2.97. The number of benzene rings is 1. The first-order chi connectivity index (χ1) is 10.8. The molecule has 2 heterocycles. The number of halogens is 1. The van der Waals surface area contributed by atoms with Crippen LogP contribution < -0.4 is 5.32 Å². The molecule has 22 heavy (non-hydrogen) atoms. The summed E-state index contributed by atoms with van der Waals surface area (Å²) >= 11 is 0. The van der Waals surface area contributed by atoms with E-state index in [1.807, 2.05) is 18.2 Å². The van der Waals surface area contributed by atoms with Gasteiger partial charge in [0.2, 0.25) is 0 Å². The van der Waals surface area contributed by atoms with E-state index in [0.717, 1.165) is 31.0 Å². The molecule has 0 saturated carbocycles. The molecule has 1 N–H and O–H groups in total. The van der Waals surface area contributed by atoms with E-state index in [9.17, 15) is 4.39 Å². The van der Waals surface area contributed by atoms with Crippen molar-refractivity contribution in [1.29, 1.82) is 0 Å². The van der Waals surface area contributed by atoms with Crippen molar-refractivity contribution in [3.8, 4) is 0 Å². The van der Waals surface area contributed by atoms with Crippen molar-refractivity contribution in [2.45, 2.75) is 25.3 Å². The molecule has 1 aliphatic rings. The summed E-state index contributed by atoms with van der Waals surface area (Å²) in [5, 5.41) is 3.37. The Morgan fingerprint density at radius 1 is 1.09 bits per heavy atom. The van der Waals surface area contributed by atoms with E-state index in [1.165, 1.54) is 37.7 Å². The van der Waals surface area contributed by atoms with Crippen LogP contribution in [0.4, 0.5) is 10.2 Å². The molecule has 5 heteroatoms. The van der Waals surface area contributed by atoms with Crippen molar-refractivity contribution >= 4 is 5.82 Å². The standard InChI is InChI=1S/C17H21FN4/c18-15-6-4-14(5-7-15)16(22-10-2-1-3-11-22)12-20-17-8-9-19-13-21-17/h4-9,13,16H,1-3,10-12H2,(H,19,20,21)/t16-/m0/s1. The van der Waals surface area contributed by atoms with Gasteiger partial charge >= 0.3 is 0 Å². The second-order valence-corrected chi connectivity index (χ2v) is 5.64. The average Bonchev–Trinajstić information content (AvgIpc) is 2.58. The quantitative estimate of drug-likeness (QED) is 0.920. The fourth-order valence-electron chi connectivity index (χ4n) is 2.97. The Balaban J connectivity index is 1.74. The molecule has 1 atom stereocenters. The second-order valence-electron chi connectivity index (χ2n) is 5.64. The third-order valence-electron chi connectivity index (χ3n) is 4.14. The molecular formula is C17H21FN4. The molecule has 2 aromatic rings. The maximum atomic E-state index is 13.2. The summed E-state index contributed by atoms with van der Waals surface area (Å²) in [7, 11) is 0. The lowest BCUT2D eigenvalue weighted by atomic mass is 10.0. The van der Waals surface area contributed by atoms with Crippen LogP contribution in [0.1, 0.15) is 30.9 Å². The van der Waals surface area contributed by atoms with Gasteiger partial charge in [-0.1, -0.05) is 18.6 Å². The third kappa shape index (κ3) is 3.80. The molecule has 0 unspecified atom stereocenters. The number of anilines is 1. The molecule has 0 bridgehead atoms. The van der Waals surface area contributed by atoms with E-state index in [2.05, 4.69) is 20.2 Å². The lowest BCUT2D eigenvalue weighted by Crippen LogP contribution is -2.37. The van der Waals surface area contributed by atoms with Gasteiger partial charge in [0.25, 0.3) is 0 Å². The van der Waals surface area contributed by atoms with Gasteiger partial charge in [-0.25, -0.2) is 14.4 Å². The summed E-state index contributed by atoms with van der Waals surface area (Å²) < 4.78 is 13.2. The van der Waals surface area contributed by atoms with E-state index >= 15 is 0 Å². The SMILES string of the molecule is Fc1ccc([C@H](CNc2ccncn2)N2CCCCC2)cc1. The number of likely N-dealkylation sites (tertiary alicyclic amines) is 1. The minimum Gasteiger partial charge on any atom is -0.368 e. The molecule has 0 amide bonds. The van der Waals surface area contributed by atoms with Gasteiger partial charge in [-0.2, -0.15) is 0 Å². The number of nitrogens with one attached hydrogen (secondary N) is 1. The highest BCUT2D eigenvalue weighted by Crippen LogP contribution is 2.25. The maximum Gasteiger partial charge on any atom is 0.129 e. The van der Waals surface area contributed by atoms with Gasteiger partial charge in [-0.3, -0.25) is 4.90 Å². The van der Waals surface area contributed by atoms with E-state index in [0.29, 0.717) is 0 Å². The number of nitrogens with zero attached hydrogens (tertiary/aromatic N) is 3. The van der Waals surface area contributed by atoms with Crippen LogP contribution in [0.3, 0.4) is 0 Å². The van der Waals surface area contributed by atoms with Crippen LogP contribution in [-0.4, -0.2) is 34.5 Å². The van der Waals surface area contributed by atoms with Crippen molar-refractivity contribution in [2.75, 3.05) is 25.0 Å². The highest BCUT2D eigenvalue weighted by Gasteiger charge is 2.22. The normalized spacial score (nSPS) is 17.1. The van der Waals surface area contributed by atoms with Gasteiger partial charge < -0.3 is 5.32 Å². The summed E-state index contributed by atoms with van der Waals surface area (Å²) in [5.74, 6) is 0.629. The van der Waals surface area contributed by atoms with Crippen LogP contribution in [0.5, 0.6) is 0 Å². The molecule has 0 spiro atoms. The molecule has 1 aromatic carbocycles.